The molecule has 136 valence electrons. The first-order chi connectivity index (χ1) is 13.0. The Hall–Kier alpha value is -3.26. The van der Waals surface area contributed by atoms with E-state index >= 15 is 0 Å². The zero-order chi connectivity index (χ0) is 19.0. The van der Waals surface area contributed by atoms with Crippen LogP contribution in [0.5, 0.6) is 0 Å². The molecule has 0 radical (unpaired) electrons. The summed E-state index contributed by atoms with van der Waals surface area (Å²) in [6, 6.07) is 11.3. The van der Waals surface area contributed by atoms with Gasteiger partial charge in [0, 0.05) is 5.69 Å². The van der Waals surface area contributed by atoms with Crippen LogP contribution in [0.15, 0.2) is 52.9 Å². The molecular formula is C19H17N5O2S. The fourth-order valence-electron chi connectivity index (χ4n) is 2.81. The third-order valence-electron chi connectivity index (χ3n) is 4.44. The second-order valence-electron chi connectivity index (χ2n) is 6.23. The lowest BCUT2D eigenvalue weighted by molar-refractivity contribution is -0.117. The topological polar surface area (TPSA) is 81.3 Å². The van der Waals surface area contributed by atoms with Crippen molar-refractivity contribution in [2.24, 2.45) is 0 Å². The Morgan fingerprint density at radius 3 is 2.85 bits per heavy atom. The predicted molar refractivity (Wildman–Crippen MR) is 105 cm³/mol. The molecular weight excluding hydrogens is 362 g/mol. The standard InChI is InChI=1S/C19H17N5O2S/c1-12-5-3-6-14(13(12)2)21-18(25)10-23-19(26)16-9-15(17-7-4-8-27-17)22-24(16)11-20-23/h3-9,11H,10H2,1-2H3,(H,21,25). The van der Waals surface area contributed by atoms with E-state index in [1.54, 1.807) is 17.4 Å². The summed E-state index contributed by atoms with van der Waals surface area (Å²) in [7, 11) is 0. The van der Waals surface area contributed by atoms with Gasteiger partial charge in [0.25, 0.3) is 5.56 Å². The number of benzene rings is 1. The molecule has 27 heavy (non-hydrogen) atoms. The molecule has 1 N–H and O–H groups in total. The van der Waals surface area contributed by atoms with Crippen LogP contribution in [-0.4, -0.2) is 25.3 Å². The highest BCUT2D eigenvalue weighted by Crippen LogP contribution is 2.23. The fraction of sp³-hybridized carbons (Fsp3) is 0.158. The first kappa shape index (κ1) is 17.2. The Morgan fingerprint density at radius 2 is 2.07 bits per heavy atom. The molecule has 0 saturated heterocycles. The zero-order valence-electron chi connectivity index (χ0n) is 14.8. The molecule has 0 spiro atoms. The van der Waals surface area contributed by atoms with Crippen LogP contribution in [0.2, 0.25) is 0 Å². The van der Waals surface area contributed by atoms with Crippen molar-refractivity contribution in [3.8, 4) is 10.6 Å². The largest absolute Gasteiger partial charge is 0.324 e. The van der Waals surface area contributed by atoms with Crippen LogP contribution in [0.25, 0.3) is 16.1 Å². The van der Waals surface area contributed by atoms with Gasteiger partial charge < -0.3 is 5.32 Å². The summed E-state index contributed by atoms with van der Waals surface area (Å²) in [4.78, 5) is 26.0. The van der Waals surface area contributed by atoms with Gasteiger partial charge in [0.1, 0.15) is 24.1 Å². The molecule has 7 nitrogen and oxygen atoms in total. The molecule has 3 aromatic heterocycles. The molecule has 4 aromatic rings. The van der Waals surface area contributed by atoms with Crippen molar-refractivity contribution < 1.29 is 4.79 Å². The molecule has 8 heteroatoms. The van der Waals surface area contributed by atoms with Crippen LogP contribution in [0.1, 0.15) is 11.1 Å². The number of hydrogen-bond donors (Lipinski definition) is 1. The number of rotatable bonds is 4. The molecule has 0 saturated carbocycles. The van der Waals surface area contributed by atoms with Crippen LogP contribution in [0.4, 0.5) is 5.69 Å². The highest BCUT2D eigenvalue weighted by Gasteiger charge is 2.13. The molecule has 0 unspecified atom stereocenters. The zero-order valence-corrected chi connectivity index (χ0v) is 15.7. The van der Waals surface area contributed by atoms with Crippen LogP contribution in [0, 0.1) is 13.8 Å². The molecule has 0 aliphatic heterocycles. The number of carbonyl (C=O) groups is 1. The quantitative estimate of drug-likeness (QED) is 0.591. The molecule has 4 rings (SSSR count). The van der Waals surface area contributed by atoms with E-state index in [1.165, 1.54) is 10.8 Å². The van der Waals surface area contributed by atoms with E-state index in [2.05, 4.69) is 15.5 Å². The average Bonchev–Trinajstić information content (AvgIpc) is 3.31. The van der Waals surface area contributed by atoms with Crippen molar-refractivity contribution in [3.05, 3.63) is 69.6 Å². The van der Waals surface area contributed by atoms with Crippen molar-refractivity contribution in [1.82, 2.24) is 19.4 Å². The number of aromatic nitrogens is 4. The molecule has 0 atom stereocenters. The minimum Gasteiger partial charge on any atom is -0.324 e. The number of thiophene rings is 1. The number of amides is 1. The minimum atomic E-state index is -0.357. The maximum Gasteiger partial charge on any atom is 0.293 e. The lowest BCUT2D eigenvalue weighted by Gasteiger charge is -2.10. The lowest BCUT2D eigenvalue weighted by atomic mass is 10.1. The molecule has 0 aliphatic rings. The van der Waals surface area contributed by atoms with Gasteiger partial charge in [-0.05, 0) is 48.6 Å². The molecule has 0 aliphatic carbocycles. The first-order valence-electron chi connectivity index (χ1n) is 8.38. The van der Waals surface area contributed by atoms with Crippen molar-refractivity contribution >= 4 is 28.4 Å². The molecule has 1 amide bonds. The lowest BCUT2D eigenvalue weighted by Crippen LogP contribution is -2.30. The van der Waals surface area contributed by atoms with Crippen molar-refractivity contribution in [2.45, 2.75) is 20.4 Å². The number of aryl methyl sites for hydroxylation is 1. The highest BCUT2D eigenvalue weighted by atomic mass is 32.1. The van der Waals surface area contributed by atoms with Gasteiger partial charge in [0.05, 0.1) is 4.88 Å². The maximum absolute atomic E-state index is 12.7. The number of hydrogen-bond acceptors (Lipinski definition) is 5. The summed E-state index contributed by atoms with van der Waals surface area (Å²) in [5, 5.41) is 13.2. The van der Waals surface area contributed by atoms with Crippen molar-refractivity contribution in [2.75, 3.05) is 5.32 Å². The Kier molecular flexibility index (Phi) is 4.33. The van der Waals surface area contributed by atoms with Crippen LogP contribution < -0.4 is 10.9 Å². The van der Waals surface area contributed by atoms with Crippen LogP contribution in [0.3, 0.4) is 0 Å². The second-order valence-corrected chi connectivity index (χ2v) is 7.17. The van der Waals surface area contributed by atoms with Gasteiger partial charge in [-0.25, -0.2) is 9.20 Å². The summed E-state index contributed by atoms with van der Waals surface area (Å²) in [6.45, 7) is 3.76. The van der Waals surface area contributed by atoms with Crippen molar-refractivity contribution in [1.29, 1.82) is 0 Å². The normalized spacial score (nSPS) is 11.0. The van der Waals surface area contributed by atoms with Crippen LogP contribution in [-0.2, 0) is 11.3 Å². The van der Waals surface area contributed by atoms with E-state index in [-0.39, 0.29) is 18.0 Å². The average molecular weight is 379 g/mol. The number of carbonyl (C=O) groups excluding carboxylic acids is 1. The summed E-state index contributed by atoms with van der Waals surface area (Å²) in [6.07, 6.45) is 1.44. The maximum atomic E-state index is 12.7. The Balaban J connectivity index is 1.60. The summed E-state index contributed by atoms with van der Waals surface area (Å²) in [5.41, 5.74) is 3.56. The SMILES string of the molecule is Cc1cccc(NC(=O)Cn2ncn3nc(-c4cccs4)cc3c2=O)c1C. The van der Waals surface area contributed by atoms with E-state index in [0.29, 0.717) is 11.2 Å². The van der Waals surface area contributed by atoms with E-state index in [1.807, 2.05) is 49.6 Å². The molecule has 0 bridgehead atoms. The fourth-order valence-corrected chi connectivity index (χ4v) is 3.49. The minimum absolute atomic E-state index is 0.164. The van der Waals surface area contributed by atoms with Gasteiger partial charge >= 0.3 is 0 Å². The Bertz CT molecular complexity index is 1190. The summed E-state index contributed by atoms with van der Waals surface area (Å²) in [5.74, 6) is -0.305. The van der Waals surface area contributed by atoms with Gasteiger partial charge in [-0.2, -0.15) is 10.2 Å². The number of fused-ring (bicyclic) bond motifs is 1. The number of nitrogens with one attached hydrogen (secondary N) is 1. The van der Waals surface area contributed by atoms with E-state index < -0.39 is 0 Å². The van der Waals surface area contributed by atoms with E-state index in [0.717, 1.165) is 26.4 Å². The van der Waals surface area contributed by atoms with Gasteiger partial charge in [0.15, 0.2) is 0 Å². The molecule has 0 fully saturated rings. The van der Waals surface area contributed by atoms with Crippen molar-refractivity contribution in [3.63, 3.8) is 0 Å². The Labute approximate surface area is 158 Å². The predicted octanol–water partition coefficient (Wildman–Crippen LogP) is 2.88. The number of nitrogens with zero attached hydrogens (tertiary/aromatic N) is 4. The monoisotopic (exact) mass is 379 g/mol. The van der Waals surface area contributed by atoms with Gasteiger partial charge in [-0.3, -0.25) is 9.59 Å². The summed E-state index contributed by atoms with van der Waals surface area (Å²) >= 11 is 1.55. The Morgan fingerprint density at radius 1 is 1.22 bits per heavy atom. The third kappa shape index (κ3) is 3.26. The third-order valence-corrected chi connectivity index (χ3v) is 5.33. The van der Waals surface area contributed by atoms with E-state index in [4.69, 9.17) is 0 Å². The molecule has 3 heterocycles. The van der Waals surface area contributed by atoms with E-state index in [9.17, 15) is 9.59 Å². The van der Waals surface area contributed by atoms with Gasteiger partial charge in [-0.1, -0.05) is 18.2 Å². The smallest absolute Gasteiger partial charge is 0.293 e. The van der Waals surface area contributed by atoms with Crippen LogP contribution >= 0.6 is 11.3 Å². The highest BCUT2D eigenvalue weighted by molar-refractivity contribution is 7.13. The summed E-state index contributed by atoms with van der Waals surface area (Å²) < 4.78 is 2.59. The van der Waals surface area contributed by atoms with Gasteiger partial charge in [0.2, 0.25) is 5.91 Å². The first-order valence-corrected chi connectivity index (χ1v) is 9.26. The molecule has 1 aromatic carbocycles. The number of anilines is 1. The van der Waals surface area contributed by atoms with Gasteiger partial charge in [-0.15, -0.1) is 11.3 Å². The second kappa shape index (κ2) is 6.81.